The average molecular weight is 541 g/mol. The Balaban J connectivity index is 1.75. The number of hydrogen-bond acceptors (Lipinski definition) is 9. The molecule has 12 nitrogen and oxygen atoms in total. The standard InChI is InChI=1S/C27H32N4O8/c1-15(2)38-24(33)13-36-22-8-5-17(10-23(22)37-14-25(34)39-16(3)4)21(32)12-31-11-18-9-19(30-27(28)29)6-7-20(18)26(31)35/h5-10,15-16H,11-14H2,1-4H3,(H4,28,29,30). The summed E-state index contributed by atoms with van der Waals surface area (Å²) < 4.78 is 21.2. The Bertz CT molecular complexity index is 1280. The summed E-state index contributed by atoms with van der Waals surface area (Å²) in [6.07, 6.45) is -0.659. The van der Waals surface area contributed by atoms with Crippen LogP contribution in [-0.4, -0.2) is 66.5 Å². The van der Waals surface area contributed by atoms with E-state index in [0.29, 0.717) is 16.8 Å². The molecule has 0 spiro atoms. The Morgan fingerprint density at radius 3 is 2.10 bits per heavy atom. The van der Waals surface area contributed by atoms with Crippen molar-refractivity contribution in [2.75, 3.05) is 19.8 Å². The highest BCUT2D eigenvalue weighted by atomic mass is 16.6. The van der Waals surface area contributed by atoms with E-state index >= 15 is 0 Å². The topological polar surface area (TPSA) is 173 Å². The number of benzene rings is 2. The van der Waals surface area contributed by atoms with Gasteiger partial charge in [-0.15, -0.1) is 0 Å². The number of ketones is 1. The molecule has 0 aliphatic carbocycles. The lowest BCUT2D eigenvalue weighted by atomic mass is 10.1. The van der Waals surface area contributed by atoms with E-state index in [2.05, 4.69) is 4.99 Å². The molecule has 0 unspecified atom stereocenters. The van der Waals surface area contributed by atoms with Crippen molar-refractivity contribution < 1.29 is 38.1 Å². The third-order valence-electron chi connectivity index (χ3n) is 5.25. The minimum Gasteiger partial charge on any atom is -0.478 e. The van der Waals surface area contributed by atoms with Gasteiger partial charge in [0.15, 0.2) is 36.5 Å². The van der Waals surface area contributed by atoms with Crippen LogP contribution in [0.25, 0.3) is 0 Å². The summed E-state index contributed by atoms with van der Waals surface area (Å²) in [5, 5.41) is 0. The van der Waals surface area contributed by atoms with Gasteiger partial charge in [0, 0.05) is 17.7 Å². The monoisotopic (exact) mass is 540 g/mol. The van der Waals surface area contributed by atoms with Gasteiger partial charge in [-0.25, -0.2) is 14.6 Å². The number of Topliss-reactive ketones (excluding diaryl/α,β-unsaturated/α-hetero) is 1. The van der Waals surface area contributed by atoms with E-state index in [1.54, 1.807) is 45.9 Å². The molecule has 0 atom stereocenters. The van der Waals surface area contributed by atoms with Gasteiger partial charge in [0.05, 0.1) is 24.4 Å². The summed E-state index contributed by atoms with van der Waals surface area (Å²) in [5.41, 5.74) is 12.7. The van der Waals surface area contributed by atoms with Crippen LogP contribution in [-0.2, 0) is 25.6 Å². The van der Waals surface area contributed by atoms with Gasteiger partial charge in [0.25, 0.3) is 5.91 Å². The van der Waals surface area contributed by atoms with Crippen LogP contribution in [0.2, 0.25) is 0 Å². The first-order valence-electron chi connectivity index (χ1n) is 12.3. The number of nitrogens with two attached hydrogens (primary N) is 2. The van der Waals surface area contributed by atoms with Crippen molar-refractivity contribution in [2.24, 2.45) is 16.5 Å². The maximum absolute atomic E-state index is 13.1. The summed E-state index contributed by atoms with van der Waals surface area (Å²) >= 11 is 0. The van der Waals surface area contributed by atoms with E-state index in [4.69, 9.17) is 30.4 Å². The molecule has 0 bridgehead atoms. The second-order valence-electron chi connectivity index (χ2n) is 9.28. The molecule has 39 heavy (non-hydrogen) atoms. The van der Waals surface area contributed by atoms with E-state index < -0.39 is 25.2 Å². The minimum absolute atomic E-state index is 0.0526. The molecule has 12 heteroatoms. The fourth-order valence-corrected chi connectivity index (χ4v) is 3.76. The Kier molecular flexibility index (Phi) is 9.47. The van der Waals surface area contributed by atoms with Crippen molar-refractivity contribution in [3.63, 3.8) is 0 Å². The molecule has 0 aromatic heterocycles. The first-order valence-corrected chi connectivity index (χ1v) is 12.3. The van der Waals surface area contributed by atoms with Crippen molar-refractivity contribution in [3.8, 4) is 11.5 Å². The van der Waals surface area contributed by atoms with Crippen LogP contribution in [0.5, 0.6) is 11.5 Å². The van der Waals surface area contributed by atoms with Crippen LogP contribution in [0.15, 0.2) is 41.4 Å². The largest absolute Gasteiger partial charge is 0.478 e. The Hall–Kier alpha value is -4.61. The van der Waals surface area contributed by atoms with E-state index in [0.717, 1.165) is 0 Å². The van der Waals surface area contributed by atoms with Crippen LogP contribution in [0, 0.1) is 0 Å². The van der Waals surface area contributed by atoms with Gasteiger partial charge in [-0.2, -0.15) is 0 Å². The molecular formula is C27H32N4O8. The van der Waals surface area contributed by atoms with Crippen molar-refractivity contribution in [2.45, 2.75) is 46.4 Å². The maximum atomic E-state index is 13.1. The van der Waals surface area contributed by atoms with Crippen LogP contribution in [0.1, 0.15) is 54.0 Å². The highest BCUT2D eigenvalue weighted by molar-refractivity contribution is 6.04. The number of carbonyl (C=O) groups excluding carboxylic acids is 4. The molecule has 1 aliphatic heterocycles. The Morgan fingerprint density at radius 2 is 1.51 bits per heavy atom. The molecule has 0 radical (unpaired) electrons. The molecule has 1 heterocycles. The number of rotatable bonds is 12. The van der Waals surface area contributed by atoms with E-state index in [1.807, 2.05) is 0 Å². The highest BCUT2D eigenvalue weighted by Gasteiger charge is 2.29. The number of carbonyl (C=O) groups is 4. The predicted octanol–water partition coefficient (Wildman–Crippen LogP) is 2.09. The number of amides is 1. The van der Waals surface area contributed by atoms with Crippen LogP contribution < -0.4 is 20.9 Å². The number of esters is 2. The van der Waals surface area contributed by atoms with Gasteiger partial charge >= 0.3 is 11.9 Å². The summed E-state index contributed by atoms with van der Waals surface area (Å²) in [6, 6.07) is 9.24. The smallest absolute Gasteiger partial charge is 0.344 e. The zero-order valence-corrected chi connectivity index (χ0v) is 22.3. The average Bonchev–Trinajstić information content (AvgIpc) is 3.14. The molecule has 1 amide bonds. The van der Waals surface area contributed by atoms with Crippen LogP contribution in [0.4, 0.5) is 5.69 Å². The van der Waals surface area contributed by atoms with Crippen molar-refractivity contribution in [3.05, 3.63) is 53.1 Å². The lowest BCUT2D eigenvalue weighted by molar-refractivity contribution is -0.151. The Labute approximate surface area is 225 Å². The lowest BCUT2D eigenvalue weighted by Crippen LogP contribution is -2.30. The number of nitrogens with zero attached hydrogens (tertiary/aromatic N) is 2. The fraction of sp³-hybridized carbons (Fsp3) is 0.370. The molecule has 2 aromatic carbocycles. The molecule has 2 aromatic rings. The SMILES string of the molecule is CC(C)OC(=O)COc1ccc(C(=O)CN2Cc3cc(N=C(N)N)ccc3C2=O)cc1OCC(=O)OC(C)C. The zero-order valence-electron chi connectivity index (χ0n) is 22.3. The third-order valence-corrected chi connectivity index (χ3v) is 5.25. The highest BCUT2D eigenvalue weighted by Crippen LogP contribution is 2.30. The molecular weight excluding hydrogens is 508 g/mol. The van der Waals surface area contributed by atoms with Crippen molar-refractivity contribution in [1.82, 2.24) is 4.90 Å². The maximum Gasteiger partial charge on any atom is 0.344 e. The van der Waals surface area contributed by atoms with Gasteiger partial charge in [-0.05, 0) is 69.7 Å². The van der Waals surface area contributed by atoms with Crippen molar-refractivity contribution in [1.29, 1.82) is 0 Å². The van der Waals surface area contributed by atoms with Gasteiger partial charge < -0.3 is 35.3 Å². The Morgan fingerprint density at radius 1 is 0.897 bits per heavy atom. The normalized spacial score (nSPS) is 12.3. The summed E-state index contributed by atoms with van der Waals surface area (Å²) in [6.45, 7) is 5.97. The van der Waals surface area contributed by atoms with E-state index in [1.165, 1.54) is 23.1 Å². The van der Waals surface area contributed by atoms with Gasteiger partial charge in [-0.3, -0.25) is 9.59 Å². The second kappa shape index (κ2) is 12.8. The van der Waals surface area contributed by atoms with Crippen molar-refractivity contribution >= 4 is 35.3 Å². The lowest BCUT2D eigenvalue weighted by Gasteiger charge is -2.17. The molecule has 0 fully saturated rings. The summed E-state index contributed by atoms with van der Waals surface area (Å²) in [7, 11) is 0. The predicted molar refractivity (Wildman–Crippen MR) is 141 cm³/mol. The van der Waals surface area contributed by atoms with E-state index in [-0.39, 0.29) is 60.0 Å². The summed E-state index contributed by atoms with van der Waals surface area (Å²) in [4.78, 5) is 55.3. The van der Waals surface area contributed by atoms with Crippen LogP contribution in [0.3, 0.4) is 0 Å². The van der Waals surface area contributed by atoms with Gasteiger partial charge in [0.1, 0.15) is 0 Å². The summed E-state index contributed by atoms with van der Waals surface area (Å²) in [5.74, 6) is -1.81. The van der Waals surface area contributed by atoms with Crippen LogP contribution >= 0.6 is 0 Å². The number of aliphatic imine (C=N–C) groups is 1. The molecule has 3 rings (SSSR count). The molecule has 0 saturated heterocycles. The van der Waals surface area contributed by atoms with Gasteiger partial charge in [-0.1, -0.05) is 0 Å². The number of ether oxygens (including phenoxy) is 4. The first kappa shape index (κ1) is 29.0. The zero-order chi connectivity index (χ0) is 28.7. The second-order valence-corrected chi connectivity index (χ2v) is 9.28. The number of fused-ring (bicyclic) bond motifs is 1. The van der Waals surface area contributed by atoms with Gasteiger partial charge in [0.2, 0.25) is 0 Å². The number of hydrogen-bond donors (Lipinski definition) is 2. The van der Waals surface area contributed by atoms with E-state index in [9.17, 15) is 19.2 Å². The molecule has 1 aliphatic rings. The minimum atomic E-state index is -0.618. The number of guanidine groups is 1. The molecule has 0 saturated carbocycles. The molecule has 208 valence electrons. The fourth-order valence-electron chi connectivity index (χ4n) is 3.76. The molecule has 4 N–H and O–H groups in total. The third kappa shape index (κ3) is 8.19. The first-order chi connectivity index (χ1) is 18.4. The quantitative estimate of drug-likeness (QED) is 0.176.